The van der Waals surface area contributed by atoms with Gasteiger partial charge in [0.1, 0.15) is 5.69 Å². The second-order valence-corrected chi connectivity index (χ2v) is 6.33. The minimum absolute atomic E-state index is 0.0511. The molecular formula is C14H20ClN3O2. The Hall–Kier alpha value is -1.04. The van der Waals surface area contributed by atoms with Crippen molar-refractivity contribution in [3.63, 3.8) is 0 Å². The summed E-state index contributed by atoms with van der Waals surface area (Å²) in [6.07, 6.45) is 1.77. The number of halogens is 1. The van der Waals surface area contributed by atoms with E-state index in [4.69, 9.17) is 16.3 Å². The third kappa shape index (κ3) is 2.57. The average molecular weight is 298 g/mol. The first kappa shape index (κ1) is 13.9. The minimum atomic E-state index is 0.0511. The van der Waals surface area contributed by atoms with Gasteiger partial charge in [0.25, 0.3) is 5.91 Å². The Morgan fingerprint density at radius 1 is 1.30 bits per heavy atom. The number of fused-ring (bicyclic) bond motifs is 3. The number of nitrogens with zero attached hydrogens (tertiary/aromatic N) is 3. The van der Waals surface area contributed by atoms with E-state index in [-0.39, 0.29) is 11.9 Å². The Morgan fingerprint density at radius 2 is 2.10 bits per heavy atom. The van der Waals surface area contributed by atoms with Gasteiger partial charge in [0.15, 0.2) is 0 Å². The van der Waals surface area contributed by atoms with Gasteiger partial charge in [-0.3, -0.25) is 4.79 Å². The van der Waals surface area contributed by atoms with Crippen molar-refractivity contribution in [3.05, 3.63) is 23.0 Å². The van der Waals surface area contributed by atoms with Crippen LogP contribution in [0.3, 0.4) is 0 Å². The summed E-state index contributed by atoms with van der Waals surface area (Å²) in [6.45, 7) is 3.95. The van der Waals surface area contributed by atoms with E-state index in [0.29, 0.717) is 23.2 Å². The Morgan fingerprint density at radius 3 is 2.80 bits per heavy atom. The van der Waals surface area contributed by atoms with Crippen LogP contribution < -0.4 is 0 Å². The lowest BCUT2D eigenvalue weighted by molar-refractivity contribution is 0.0478. The highest BCUT2D eigenvalue weighted by Gasteiger charge is 2.35. The van der Waals surface area contributed by atoms with Crippen LogP contribution in [0.1, 0.15) is 10.5 Å². The van der Waals surface area contributed by atoms with Crippen molar-refractivity contribution in [2.24, 2.45) is 13.0 Å². The Labute approximate surface area is 124 Å². The van der Waals surface area contributed by atoms with Gasteiger partial charge in [-0.2, -0.15) is 0 Å². The molecule has 3 rings (SSSR count). The molecule has 0 N–H and O–H groups in total. The number of rotatable bonds is 1. The Balaban J connectivity index is 1.88. The molecule has 2 atom stereocenters. The van der Waals surface area contributed by atoms with Gasteiger partial charge in [0.2, 0.25) is 0 Å². The molecular weight excluding hydrogens is 278 g/mol. The summed E-state index contributed by atoms with van der Waals surface area (Å²) in [7, 11) is 3.96. The summed E-state index contributed by atoms with van der Waals surface area (Å²) in [6, 6.07) is 1.86. The molecule has 0 aromatic carbocycles. The number of carbonyl (C=O) groups is 1. The largest absolute Gasteiger partial charge is 0.379 e. The van der Waals surface area contributed by atoms with Crippen LogP contribution in [0.25, 0.3) is 0 Å². The molecule has 0 saturated carbocycles. The van der Waals surface area contributed by atoms with Crippen molar-refractivity contribution < 1.29 is 9.53 Å². The highest BCUT2D eigenvalue weighted by Crippen LogP contribution is 2.22. The smallest absolute Gasteiger partial charge is 0.270 e. The second kappa shape index (κ2) is 5.39. The maximum Gasteiger partial charge on any atom is 0.270 e. The monoisotopic (exact) mass is 297 g/mol. The molecule has 1 aromatic heterocycles. The lowest BCUT2D eigenvalue weighted by Gasteiger charge is -2.29. The highest BCUT2D eigenvalue weighted by atomic mass is 35.5. The molecule has 0 spiro atoms. The van der Waals surface area contributed by atoms with E-state index in [9.17, 15) is 4.79 Å². The van der Waals surface area contributed by atoms with E-state index in [2.05, 4.69) is 11.9 Å². The molecule has 1 aromatic rings. The van der Waals surface area contributed by atoms with Gasteiger partial charge in [-0.05, 0) is 13.1 Å². The van der Waals surface area contributed by atoms with Crippen molar-refractivity contribution in [1.29, 1.82) is 0 Å². The Kier molecular flexibility index (Phi) is 3.75. The molecule has 3 heterocycles. The molecule has 1 amide bonds. The number of carbonyl (C=O) groups excluding carboxylic acids is 1. The number of hydrogen-bond donors (Lipinski definition) is 0. The molecule has 2 aliphatic rings. The summed E-state index contributed by atoms with van der Waals surface area (Å²) < 4.78 is 7.50. The van der Waals surface area contributed by atoms with Crippen LogP contribution in [0.15, 0.2) is 12.3 Å². The quantitative estimate of drug-likeness (QED) is 0.778. The van der Waals surface area contributed by atoms with Gasteiger partial charge >= 0.3 is 0 Å². The SMILES string of the molecule is CN1C[C@@H]2COC[C@H](C1)N(C(=O)c1cc(Cl)cn1C)C2. The van der Waals surface area contributed by atoms with E-state index >= 15 is 0 Å². The molecule has 5 nitrogen and oxygen atoms in total. The van der Waals surface area contributed by atoms with E-state index in [1.165, 1.54) is 0 Å². The maximum atomic E-state index is 12.8. The van der Waals surface area contributed by atoms with Gasteiger partial charge in [-0.25, -0.2) is 0 Å². The maximum absolute atomic E-state index is 12.8. The van der Waals surface area contributed by atoms with Crippen LogP contribution in [0.4, 0.5) is 0 Å². The molecule has 2 saturated heterocycles. The lowest BCUT2D eigenvalue weighted by Crippen LogP contribution is -2.46. The van der Waals surface area contributed by atoms with Gasteiger partial charge in [0.05, 0.1) is 24.3 Å². The highest BCUT2D eigenvalue weighted by molar-refractivity contribution is 6.31. The second-order valence-electron chi connectivity index (χ2n) is 5.89. The average Bonchev–Trinajstić information content (AvgIpc) is 2.54. The van der Waals surface area contributed by atoms with E-state index in [0.717, 1.165) is 26.2 Å². The van der Waals surface area contributed by atoms with Crippen molar-refractivity contribution >= 4 is 17.5 Å². The number of amides is 1. The molecule has 0 unspecified atom stereocenters. The fourth-order valence-corrected chi connectivity index (χ4v) is 3.46. The van der Waals surface area contributed by atoms with Gasteiger partial charge in [0, 0.05) is 38.8 Å². The summed E-state index contributed by atoms with van der Waals surface area (Å²) in [5.74, 6) is 0.433. The van der Waals surface area contributed by atoms with Crippen LogP contribution in [0, 0.1) is 5.92 Å². The minimum Gasteiger partial charge on any atom is -0.379 e. The number of aromatic nitrogens is 1. The molecule has 0 radical (unpaired) electrons. The normalized spacial score (nSPS) is 27.4. The summed E-state index contributed by atoms with van der Waals surface area (Å²) in [4.78, 5) is 17.1. The van der Waals surface area contributed by atoms with Crippen molar-refractivity contribution in [3.8, 4) is 0 Å². The first-order valence-corrected chi connectivity index (χ1v) is 7.31. The van der Waals surface area contributed by atoms with Crippen LogP contribution in [0.5, 0.6) is 0 Å². The van der Waals surface area contributed by atoms with Gasteiger partial charge in [-0.1, -0.05) is 11.6 Å². The number of ether oxygens (including phenoxy) is 1. The fraction of sp³-hybridized carbons (Fsp3) is 0.643. The summed E-state index contributed by atoms with van der Waals surface area (Å²) in [5.41, 5.74) is 0.644. The number of likely N-dealkylation sites (N-methyl/N-ethyl adjacent to an activating group) is 1. The molecule has 6 heteroatoms. The first-order valence-electron chi connectivity index (χ1n) is 6.93. The molecule has 2 bridgehead atoms. The number of hydrogen-bond acceptors (Lipinski definition) is 3. The van der Waals surface area contributed by atoms with Gasteiger partial charge in [-0.15, -0.1) is 0 Å². The zero-order valence-electron chi connectivity index (χ0n) is 11.9. The van der Waals surface area contributed by atoms with Crippen molar-refractivity contribution in [1.82, 2.24) is 14.4 Å². The van der Waals surface area contributed by atoms with Gasteiger partial charge < -0.3 is 19.1 Å². The predicted octanol–water partition coefficient (Wildman–Crippen LogP) is 1.08. The molecule has 110 valence electrons. The third-order valence-corrected chi connectivity index (χ3v) is 4.31. The van der Waals surface area contributed by atoms with Crippen LogP contribution in [0.2, 0.25) is 5.02 Å². The van der Waals surface area contributed by atoms with Crippen LogP contribution in [-0.4, -0.2) is 66.2 Å². The third-order valence-electron chi connectivity index (χ3n) is 4.10. The number of aryl methyl sites for hydroxylation is 1. The molecule has 0 aliphatic carbocycles. The summed E-state index contributed by atoms with van der Waals surface area (Å²) in [5, 5.41) is 0.599. The molecule has 20 heavy (non-hydrogen) atoms. The van der Waals surface area contributed by atoms with Crippen molar-refractivity contribution in [2.45, 2.75) is 6.04 Å². The predicted molar refractivity (Wildman–Crippen MR) is 77.1 cm³/mol. The van der Waals surface area contributed by atoms with Crippen molar-refractivity contribution in [2.75, 3.05) is 39.9 Å². The zero-order valence-corrected chi connectivity index (χ0v) is 12.6. The van der Waals surface area contributed by atoms with E-state index in [1.54, 1.807) is 16.8 Å². The van der Waals surface area contributed by atoms with E-state index < -0.39 is 0 Å². The lowest BCUT2D eigenvalue weighted by atomic mass is 10.1. The zero-order chi connectivity index (χ0) is 14.3. The summed E-state index contributed by atoms with van der Waals surface area (Å²) >= 11 is 5.99. The van der Waals surface area contributed by atoms with Crippen LogP contribution in [-0.2, 0) is 11.8 Å². The fourth-order valence-electron chi connectivity index (χ4n) is 3.21. The molecule has 2 aliphatic heterocycles. The molecule has 2 fully saturated rings. The van der Waals surface area contributed by atoms with Crippen LogP contribution >= 0.6 is 11.6 Å². The Bertz CT molecular complexity index is 517. The first-order chi connectivity index (χ1) is 9.54. The standard InChI is InChI=1S/C14H20ClN3O2/c1-16-4-10-5-18(12(7-16)9-20-8-10)14(19)13-3-11(15)6-17(13)2/h3,6,10,12H,4-5,7-9H2,1-2H3/t10-,12-/m0/s1. The topological polar surface area (TPSA) is 37.7 Å². The van der Waals surface area contributed by atoms with E-state index in [1.807, 2.05) is 11.9 Å².